The van der Waals surface area contributed by atoms with Gasteiger partial charge in [0.15, 0.2) is 0 Å². The van der Waals surface area contributed by atoms with E-state index < -0.39 is 23.2 Å². The third-order valence-electron chi connectivity index (χ3n) is 4.89. The van der Waals surface area contributed by atoms with Crippen molar-refractivity contribution >= 4 is 0 Å². The molecular formula is C24H20F3NO. The summed E-state index contributed by atoms with van der Waals surface area (Å²) in [4.78, 5) is 0. The van der Waals surface area contributed by atoms with E-state index in [4.69, 9.17) is 5.26 Å². The van der Waals surface area contributed by atoms with Gasteiger partial charge in [-0.2, -0.15) is 5.26 Å². The van der Waals surface area contributed by atoms with Crippen LogP contribution < -0.4 is 0 Å². The van der Waals surface area contributed by atoms with Gasteiger partial charge in [0.2, 0.25) is 0 Å². The Labute approximate surface area is 167 Å². The summed E-state index contributed by atoms with van der Waals surface area (Å²) in [6, 6.07) is 13.9. The van der Waals surface area contributed by atoms with Gasteiger partial charge in [0, 0.05) is 11.6 Å². The summed E-state index contributed by atoms with van der Waals surface area (Å²) in [5.74, 6) is -2.79. The van der Waals surface area contributed by atoms with E-state index in [2.05, 4.69) is 6.92 Å². The number of nitriles is 1. The van der Waals surface area contributed by atoms with Crippen LogP contribution in [0, 0.1) is 28.8 Å². The lowest BCUT2D eigenvalue weighted by molar-refractivity contribution is 0.459. The first kappa shape index (κ1) is 20.5. The summed E-state index contributed by atoms with van der Waals surface area (Å²) < 4.78 is 43.2. The van der Waals surface area contributed by atoms with Gasteiger partial charge < -0.3 is 5.11 Å². The molecule has 0 amide bonds. The van der Waals surface area contributed by atoms with Crippen molar-refractivity contribution in [3.63, 3.8) is 0 Å². The average molecular weight is 395 g/mol. The second kappa shape index (κ2) is 8.83. The van der Waals surface area contributed by atoms with E-state index in [1.165, 1.54) is 12.1 Å². The third kappa shape index (κ3) is 4.43. The maximum Gasteiger partial charge on any atom is 0.141 e. The Kier molecular flexibility index (Phi) is 6.23. The number of aromatic hydroxyl groups is 1. The van der Waals surface area contributed by atoms with E-state index >= 15 is 4.39 Å². The predicted octanol–water partition coefficient (Wildman–Crippen LogP) is 6.09. The van der Waals surface area contributed by atoms with Gasteiger partial charge >= 0.3 is 0 Å². The van der Waals surface area contributed by atoms with Crippen molar-refractivity contribution in [2.75, 3.05) is 0 Å². The van der Waals surface area contributed by atoms with Crippen LogP contribution in [0.2, 0.25) is 0 Å². The van der Waals surface area contributed by atoms with Crippen molar-refractivity contribution < 1.29 is 18.3 Å². The van der Waals surface area contributed by atoms with Crippen LogP contribution in [0.15, 0.2) is 48.5 Å². The molecule has 1 N–H and O–H groups in total. The van der Waals surface area contributed by atoms with E-state index in [-0.39, 0.29) is 29.5 Å². The normalized spacial score (nSPS) is 10.7. The number of aryl methyl sites for hydroxylation is 2. The summed E-state index contributed by atoms with van der Waals surface area (Å²) in [5, 5.41) is 18.9. The fraction of sp³-hybridized carbons (Fsp3) is 0.208. The molecular weight excluding hydrogens is 375 g/mol. The second-order valence-electron chi connectivity index (χ2n) is 6.92. The molecule has 0 fully saturated rings. The van der Waals surface area contributed by atoms with Crippen LogP contribution in [-0.4, -0.2) is 5.11 Å². The molecule has 0 spiro atoms. The molecule has 3 rings (SSSR count). The molecule has 0 aliphatic heterocycles. The highest BCUT2D eigenvalue weighted by atomic mass is 19.1. The van der Waals surface area contributed by atoms with Crippen molar-refractivity contribution in [1.29, 1.82) is 5.26 Å². The number of hydrogen-bond donors (Lipinski definition) is 1. The molecule has 0 aliphatic rings. The first-order valence-corrected chi connectivity index (χ1v) is 9.42. The fourth-order valence-electron chi connectivity index (χ4n) is 3.35. The summed E-state index contributed by atoms with van der Waals surface area (Å²) in [5.41, 5.74) is 1.80. The Bertz CT molecular complexity index is 1070. The highest BCUT2D eigenvalue weighted by Gasteiger charge is 2.20. The van der Waals surface area contributed by atoms with Crippen LogP contribution in [0.3, 0.4) is 0 Å². The van der Waals surface area contributed by atoms with Gasteiger partial charge in [-0.05, 0) is 48.1 Å². The highest BCUT2D eigenvalue weighted by Crippen LogP contribution is 2.36. The molecule has 0 heterocycles. The third-order valence-corrected chi connectivity index (χ3v) is 4.89. The maximum atomic E-state index is 15.1. The first-order chi connectivity index (χ1) is 13.9. The highest BCUT2D eigenvalue weighted by molar-refractivity contribution is 5.72. The number of nitrogens with zero attached hydrogens (tertiary/aromatic N) is 1. The standard InChI is InChI=1S/C24H20F3NO/c1-2-3-15-4-8-17(9-5-15)23-22(29)13-21(26)19(24(23)27)11-7-16-6-10-18(14-28)20(25)12-16/h4-6,8-10,12-13,29H,2-3,7,11H2,1H3. The van der Waals surface area contributed by atoms with Crippen LogP contribution in [0.1, 0.15) is 35.6 Å². The van der Waals surface area contributed by atoms with Gasteiger partial charge in [0.05, 0.1) is 11.1 Å². The lowest BCUT2D eigenvalue weighted by Crippen LogP contribution is -2.02. The molecule has 5 heteroatoms. The van der Waals surface area contributed by atoms with E-state index in [9.17, 15) is 13.9 Å². The molecule has 148 valence electrons. The van der Waals surface area contributed by atoms with Gasteiger partial charge in [0.25, 0.3) is 0 Å². The van der Waals surface area contributed by atoms with Gasteiger partial charge in [-0.15, -0.1) is 0 Å². The molecule has 0 atom stereocenters. The molecule has 2 nitrogen and oxygen atoms in total. The van der Waals surface area contributed by atoms with Crippen molar-refractivity contribution in [2.24, 2.45) is 0 Å². The Balaban J connectivity index is 1.91. The number of hydrogen-bond acceptors (Lipinski definition) is 2. The molecule has 29 heavy (non-hydrogen) atoms. The second-order valence-corrected chi connectivity index (χ2v) is 6.92. The fourth-order valence-corrected chi connectivity index (χ4v) is 3.35. The zero-order valence-corrected chi connectivity index (χ0v) is 16.0. The quantitative estimate of drug-likeness (QED) is 0.549. The van der Waals surface area contributed by atoms with Gasteiger partial charge in [-0.3, -0.25) is 0 Å². The number of halogens is 3. The summed E-state index contributed by atoms with van der Waals surface area (Å²) in [6.07, 6.45) is 2.06. The minimum absolute atomic E-state index is 0.00972. The van der Waals surface area contributed by atoms with Crippen LogP contribution in [0.4, 0.5) is 13.2 Å². The largest absolute Gasteiger partial charge is 0.507 e. The van der Waals surface area contributed by atoms with Crippen molar-refractivity contribution in [3.05, 3.63) is 88.2 Å². The van der Waals surface area contributed by atoms with Crippen LogP contribution in [0.25, 0.3) is 11.1 Å². The van der Waals surface area contributed by atoms with E-state index in [0.29, 0.717) is 11.1 Å². The zero-order valence-electron chi connectivity index (χ0n) is 16.0. The summed E-state index contributed by atoms with van der Waals surface area (Å²) in [7, 11) is 0. The van der Waals surface area contributed by atoms with E-state index in [1.807, 2.05) is 12.1 Å². The lowest BCUT2D eigenvalue weighted by Gasteiger charge is -2.13. The van der Waals surface area contributed by atoms with Gasteiger partial charge in [0.1, 0.15) is 29.3 Å². The topological polar surface area (TPSA) is 44.0 Å². The number of benzene rings is 3. The lowest BCUT2D eigenvalue weighted by atomic mass is 9.95. The monoisotopic (exact) mass is 395 g/mol. The molecule has 0 saturated carbocycles. The van der Waals surface area contributed by atoms with Crippen molar-refractivity contribution in [3.8, 4) is 22.9 Å². The SMILES string of the molecule is CCCc1ccc(-c2c(O)cc(F)c(CCc3ccc(C#N)c(F)c3)c2F)cc1. The summed E-state index contributed by atoms with van der Waals surface area (Å²) in [6.45, 7) is 2.06. The number of phenols is 1. The van der Waals surface area contributed by atoms with E-state index in [0.717, 1.165) is 24.5 Å². The number of rotatable bonds is 6. The molecule has 0 unspecified atom stereocenters. The van der Waals surface area contributed by atoms with Gasteiger partial charge in [-0.25, -0.2) is 13.2 Å². The molecule has 0 aromatic heterocycles. The first-order valence-electron chi connectivity index (χ1n) is 9.42. The van der Waals surface area contributed by atoms with Crippen LogP contribution in [0.5, 0.6) is 5.75 Å². The van der Waals surface area contributed by atoms with Crippen molar-refractivity contribution in [1.82, 2.24) is 0 Å². The zero-order chi connectivity index (χ0) is 21.0. The molecule has 0 radical (unpaired) electrons. The van der Waals surface area contributed by atoms with E-state index in [1.54, 1.807) is 24.3 Å². The number of phenolic OH excluding ortho intramolecular Hbond substituents is 1. The van der Waals surface area contributed by atoms with Gasteiger partial charge in [-0.1, -0.05) is 43.7 Å². The smallest absolute Gasteiger partial charge is 0.141 e. The molecule has 0 saturated heterocycles. The Hall–Kier alpha value is -3.26. The Morgan fingerprint density at radius 2 is 1.55 bits per heavy atom. The maximum absolute atomic E-state index is 15.1. The molecule has 3 aromatic rings. The predicted molar refractivity (Wildman–Crippen MR) is 106 cm³/mol. The van der Waals surface area contributed by atoms with Crippen molar-refractivity contribution in [2.45, 2.75) is 32.6 Å². The molecule has 0 aliphatic carbocycles. The Morgan fingerprint density at radius 1 is 0.862 bits per heavy atom. The van der Waals surface area contributed by atoms with Crippen LogP contribution >= 0.6 is 0 Å². The minimum Gasteiger partial charge on any atom is -0.507 e. The average Bonchev–Trinajstić information content (AvgIpc) is 2.69. The minimum atomic E-state index is -0.847. The van der Waals surface area contributed by atoms with Crippen LogP contribution in [-0.2, 0) is 19.3 Å². The molecule has 3 aromatic carbocycles. The summed E-state index contributed by atoms with van der Waals surface area (Å²) >= 11 is 0. The molecule has 0 bridgehead atoms. The Morgan fingerprint density at radius 3 is 2.17 bits per heavy atom.